The molecule has 0 radical (unpaired) electrons. The van der Waals surface area contributed by atoms with Crippen LogP contribution in [0.4, 0.5) is 18.0 Å². The van der Waals surface area contributed by atoms with Gasteiger partial charge in [-0.1, -0.05) is 0 Å². The van der Waals surface area contributed by atoms with Crippen molar-refractivity contribution in [2.45, 2.75) is 19.6 Å². The summed E-state index contributed by atoms with van der Waals surface area (Å²) in [6.45, 7) is 2.20. The standard InChI is InChI=1S/C15H15F3N6O3/c1-2-22-5-6-24(13(26)12(22)25)14(27)19-8-11-21-20-10-7-9(15(16,17)18)3-4-23(10)11/h3-4,7H,2,5-6,8H2,1H3,(H,19,27). The normalized spacial score (nSPS) is 15.6. The summed E-state index contributed by atoms with van der Waals surface area (Å²) in [5, 5.41) is 9.82. The molecule has 0 atom stereocenters. The summed E-state index contributed by atoms with van der Waals surface area (Å²) in [6.07, 6.45) is -3.36. The van der Waals surface area contributed by atoms with Crippen LogP contribution in [0, 0.1) is 0 Å². The van der Waals surface area contributed by atoms with Gasteiger partial charge in [0, 0.05) is 25.8 Å². The highest BCUT2D eigenvalue weighted by Crippen LogP contribution is 2.29. The number of nitrogens with one attached hydrogen (secondary N) is 1. The Morgan fingerprint density at radius 2 is 1.96 bits per heavy atom. The molecule has 12 heteroatoms. The number of pyridine rings is 1. The van der Waals surface area contributed by atoms with Gasteiger partial charge in [-0.25, -0.2) is 4.79 Å². The largest absolute Gasteiger partial charge is 0.416 e. The summed E-state index contributed by atoms with van der Waals surface area (Å²) in [5.74, 6) is -1.51. The third kappa shape index (κ3) is 3.55. The van der Waals surface area contributed by atoms with Crippen LogP contribution in [0.1, 0.15) is 18.3 Å². The lowest BCUT2D eigenvalue weighted by molar-refractivity contribution is -0.153. The van der Waals surface area contributed by atoms with Crippen LogP contribution in [0.5, 0.6) is 0 Å². The van der Waals surface area contributed by atoms with Crippen molar-refractivity contribution in [3.05, 3.63) is 29.7 Å². The van der Waals surface area contributed by atoms with Crippen molar-refractivity contribution >= 4 is 23.5 Å². The Morgan fingerprint density at radius 1 is 1.22 bits per heavy atom. The first-order valence-corrected chi connectivity index (χ1v) is 8.02. The first-order chi connectivity index (χ1) is 12.7. The van der Waals surface area contributed by atoms with Crippen molar-refractivity contribution in [3.8, 4) is 0 Å². The van der Waals surface area contributed by atoms with Crippen LogP contribution in [0.3, 0.4) is 0 Å². The van der Waals surface area contributed by atoms with Crippen LogP contribution in [-0.2, 0) is 22.3 Å². The molecule has 0 aromatic carbocycles. The first kappa shape index (κ1) is 18.6. The van der Waals surface area contributed by atoms with Gasteiger partial charge >= 0.3 is 24.0 Å². The summed E-state index contributed by atoms with van der Waals surface area (Å²) in [5.41, 5.74) is -0.896. The third-order valence-corrected chi connectivity index (χ3v) is 4.14. The lowest BCUT2D eigenvalue weighted by Crippen LogP contribution is -2.58. The van der Waals surface area contributed by atoms with E-state index in [2.05, 4.69) is 15.5 Å². The van der Waals surface area contributed by atoms with Gasteiger partial charge in [0.05, 0.1) is 12.1 Å². The molecule has 1 aliphatic heterocycles. The fourth-order valence-electron chi connectivity index (χ4n) is 2.66. The second kappa shape index (κ2) is 6.85. The molecule has 9 nitrogen and oxygen atoms in total. The van der Waals surface area contributed by atoms with E-state index in [9.17, 15) is 27.6 Å². The Balaban J connectivity index is 1.69. The first-order valence-electron chi connectivity index (χ1n) is 8.02. The summed E-state index contributed by atoms with van der Waals surface area (Å²) in [7, 11) is 0. The van der Waals surface area contributed by atoms with E-state index in [1.807, 2.05) is 0 Å². The van der Waals surface area contributed by atoms with Gasteiger partial charge < -0.3 is 10.2 Å². The van der Waals surface area contributed by atoms with Crippen LogP contribution in [0.15, 0.2) is 18.3 Å². The molecule has 2 aromatic heterocycles. The summed E-state index contributed by atoms with van der Waals surface area (Å²) in [4.78, 5) is 38.1. The smallest absolute Gasteiger partial charge is 0.333 e. The average Bonchev–Trinajstić information content (AvgIpc) is 3.03. The molecule has 4 amide bonds. The second-order valence-corrected chi connectivity index (χ2v) is 5.76. The highest BCUT2D eigenvalue weighted by atomic mass is 19.4. The van der Waals surface area contributed by atoms with Crippen LogP contribution in [0.25, 0.3) is 5.65 Å². The number of piperazine rings is 1. The van der Waals surface area contributed by atoms with E-state index in [4.69, 9.17) is 0 Å². The number of carbonyl (C=O) groups excluding carboxylic acids is 3. The molecular formula is C15H15F3N6O3. The van der Waals surface area contributed by atoms with Crippen molar-refractivity contribution in [3.63, 3.8) is 0 Å². The summed E-state index contributed by atoms with van der Waals surface area (Å²) >= 11 is 0. The highest BCUT2D eigenvalue weighted by Gasteiger charge is 2.35. The van der Waals surface area contributed by atoms with E-state index < -0.39 is 29.6 Å². The summed E-state index contributed by atoms with van der Waals surface area (Å²) in [6, 6.07) is 0.922. The molecule has 0 bridgehead atoms. The number of rotatable bonds is 3. The zero-order valence-corrected chi connectivity index (χ0v) is 14.2. The molecule has 27 heavy (non-hydrogen) atoms. The van der Waals surface area contributed by atoms with Gasteiger partial charge in [-0.05, 0) is 19.1 Å². The van der Waals surface area contributed by atoms with Gasteiger partial charge in [0.25, 0.3) is 0 Å². The van der Waals surface area contributed by atoms with Crippen LogP contribution in [-0.4, -0.2) is 61.9 Å². The maximum absolute atomic E-state index is 12.7. The van der Waals surface area contributed by atoms with Gasteiger partial charge in [-0.2, -0.15) is 13.2 Å². The van der Waals surface area contributed by atoms with E-state index in [-0.39, 0.29) is 31.1 Å². The number of likely N-dealkylation sites (N-methyl/N-ethyl adjacent to an activating group) is 1. The molecular weight excluding hydrogens is 369 g/mol. The second-order valence-electron chi connectivity index (χ2n) is 5.76. The van der Waals surface area contributed by atoms with Gasteiger partial charge in [0.1, 0.15) is 0 Å². The molecule has 0 spiro atoms. The fraction of sp³-hybridized carbons (Fsp3) is 0.400. The van der Waals surface area contributed by atoms with Crippen molar-refractivity contribution in [1.82, 2.24) is 29.7 Å². The maximum atomic E-state index is 12.7. The van der Waals surface area contributed by atoms with E-state index >= 15 is 0 Å². The Bertz CT molecular complexity index is 910. The molecule has 2 aromatic rings. The molecule has 0 unspecified atom stereocenters. The minimum absolute atomic E-state index is 0.0307. The predicted molar refractivity (Wildman–Crippen MR) is 84.2 cm³/mol. The summed E-state index contributed by atoms with van der Waals surface area (Å²) < 4.78 is 39.5. The number of alkyl halides is 3. The van der Waals surface area contributed by atoms with Crippen LogP contribution >= 0.6 is 0 Å². The van der Waals surface area contributed by atoms with Gasteiger partial charge in [0.15, 0.2) is 11.5 Å². The molecule has 0 aliphatic carbocycles. The minimum atomic E-state index is -4.50. The van der Waals surface area contributed by atoms with Gasteiger partial charge in [-0.3, -0.25) is 18.9 Å². The topological polar surface area (TPSA) is 99.9 Å². The number of nitrogens with zero attached hydrogens (tertiary/aromatic N) is 5. The lowest BCUT2D eigenvalue weighted by Gasteiger charge is -2.31. The zero-order valence-electron chi connectivity index (χ0n) is 14.2. The number of hydrogen-bond donors (Lipinski definition) is 1. The zero-order chi connectivity index (χ0) is 19.8. The average molecular weight is 384 g/mol. The van der Waals surface area contributed by atoms with E-state index in [1.165, 1.54) is 9.30 Å². The quantitative estimate of drug-likeness (QED) is 0.784. The number of fused-ring (bicyclic) bond motifs is 1. The van der Waals surface area contributed by atoms with Gasteiger partial charge in [-0.15, -0.1) is 10.2 Å². The van der Waals surface area contributed by atoms with E-state index in [1.54, 1.807) is 6.92 Å². The Hall–Kier alpha value is -3.18. The number of amides is 4. The SMILES string of the molecule is CCN1CCN(C(=O)NCc2nnc3cc(C(F)(F)F)ccn23)C(=O)C1=O. The van der Waals surface area contributed by atoms with Crippen molar-refractivity contribution in [1.29, 1.82) is 0 Å². The molecule has 3 rings (SSSR count). The maximum Gasteiger partial charge on any atom is 0.416 e. The molecule has 144 valence electrons. The van der Waals surface area contributed by atoms with Crippen LogP contribution < -0.4 is 5.32 Å². The van der Waals surface area contributed by atoms with Crippen molar-refractivity contribution < 1.29 is 27.6 Å². The Labute approximate surface area is 150 Å². The van der Waals surface area contributed by atoms with Crippen molar-refractivity contribution in [2.75, 3.05) is 19.6 Å². The predicted octanol–water partition coefficient (Wildman–Crippen LogP) is 0.648. The third-order valence-electron chi connectivity index (χ3n) is 4.14. The monoisotopic (exact) mass is 384 g/mol. The number of hydrogen-bond acceptors (Lipinski definition) is 5. The molecule has 1 aliphatic rings. The Morgan fingerprint density at radius 3 is 2.63 bits per heavy atom. The van der Waals surface area contributed by atoms with Crippen LogP contribution in [0.2, 0.25) is 0 Å². The number of aromatic nitrogens is 3. The fourth-order valence-corrected chi connectivity index (χ4v) is 2.66. The Kier molecular flexibility index (Phi) is 4.72. The molecule has 0 saturated carbocycles. The highest BCUT2D eigenvalue weighted by molar-refractivity contribution is 6.38. The lowest BCUT2D eigenvalue weighted by atomic mass is 10.2. The molecule has 1 fully saturated rings. The number of urea groups is 1. The molecule has 1 saturated heterocycles. The number of halogens is 3. The molecule has 3 heterocycles. The van der Waals surface area contributed by atoms with E-state index in [0.29, 0.717) is 6.54 Å². The van der Waals surface area contributed by atoms with Crippen molar-refractivity contribution in [2.24, 2.45) is 0 Å². The number of carbonyl (C=O) groups is 3. The number of imide groups is 1. The van der Waals surface area contributed by atoms with Gasteiger partial charge in [0.2, 0.25) is 0 Å². The van der Waals surface area contributed by atoms with E-state index in [0.717, 1.165) is 23.2 Å². The molecule has 1 N–H and O–H groups in total. The minimum Gasteiger partial charge on any atom is -0.333 e.